The molecule has 2 aromatic heterocycles. The van der Waals surface area contributed by atoms with Gasteiger partial charge >= 0.3 is 0 Å². The summed E-state index contributed by atoms with van der Waals surface area (Å²) in [5, 5.41) is 4.04. The van der Waals surface area contributed by atoms with Crippen molar-refractivity contribution in [3.05, 3.63) is 33.5 Å². The number of nitrogens with two attached hydrogens (primary N) is 1. The maximum absolute atomic E-state index is 12.5. The first kappa shape index (κ1) is 15.6. The predicted octanol–water partition coefficient (Wildman–Crippen LogP) is 3.22. The molecular formula is C15H22N4OS. The normalized spacial score (nSPS) is 12.7. The zero-order chi connectivity index (χ0) is 15.7. The highest BCUT2D eigenvalue weighted by atomic mass is 32.1. The molecule has 0 saturated carbocycles. The molecular weight excluding hydrogens is 284 g/mol. The second-order valence-electron chi connectivity index (χ2n) is 5.54. The lowest BCUT2D eigenvalue weighted by Crippen LogP contribution is -2.28. The number of thiazole rings is 1. The van der Waals surface area contributed by atoms with Crippen molar-refractivity contribution in [2.45, 2.75) is 46.7 Å². The zero-order valence-electron chi connectivity index (χ0n) is 13.1. The fraction of sp³-hybridized carbons (Fsp3) is 0.467. The van der Waals surface area contributed by atoms with Crippen molar-refractivity contribution < 1.29 is 4.79 Å². The van der Waals surface area contributed by atoms with Crippen LogP contribution in [-0.4, -0.2) is 15.5 Å². The maximum Gasteiger partial charge on any atom is 0.268 e. The van der Waals surface area contributed by atoms with Crippen molar-refractivity contribution in [1.29, 1.82) is 0 Å². The molecule has 0 aromatic carbocycles. The van der Waals surface area contributed by atoms with Crippen LogP contribution in [-0.2, 0) is 0 Å². The SMILES string of the molecule is Cc1nc(C)c(C(C)NC(=O)c2cc(N)cn2C(C)C)s1. The Labute approximate surface area is 129 Å². The van der Waals surface area contributed by atoms with E-state index in [4.69, 9.17) is 5.73 Å². The number of aromatic nitrogens is 2. The van der Waals surface area contributed by atoms with Crippen LogP contribution >= 0.6 is 11.3 Å². The molecule has 0 aliphatic heterocycles. The van der Waals surface area contributed by atoms with Crippen LogP contribution in [0.25, 0.3) is 0 Å². The van der Waals surface area contributed by atoms with Crippen LogP contribution in [0.1, 0.15) is 58.9 Å². The van der Waals surface area contributed by atoms with Crippen LogP contribution in [0.3, 0.4) is 0 Å². The Hall–Kier alpha value is -1.82. The monoisotopic (exact) mass is 306 g/mol. The molecule has 6 heteroatoms. The van der Waals surface area contributed by atoms with E-state index >= 15 is 0 Å². The number of carbonyl (C=O) groups is 1. The molecule has 2 heterocycles. The molecule has 2 aromatic rings. The molecule has 1 unspecified atom stereocenters. The predicted molar refractivity (Wildman–Crippen MR) is 86.7 cm³/mol. The van der Waals surface area contributed by atoms with Gasteiger partial charge in [0.15, 0.2) is 0 Å². The van der Waals surface area contributed by atoms with Crippen molar-refractivity contribution in [1.82, 2.24) is 14.9 Å². The molecule has 0 spiro atoms. The first-order valence-corrected chi connectivity index (χ1v) is 7.83. The van der Waals surface area contributed by atoms with E-state index in [1.54, 1.807) is 23.6 Å². The number of nitrogens with zero attached hydrogens (tertiary/aromatic N) is 2. The summed E-state index contributed by atoms with van der Waals surface area (Å²) in [6.45, 7) is 9.97. The fourth-order valence-electron chi connectivity index (χ4n) is 2.39. The van der Waals surface area contributed by atoms with Gasteiger partial charge in [-0.05, 0) is 40.7 Å². The van der Waals surface area contributed by atoms with Gasteiger partial charge in [-0.3, -0.25) is 4.79 Å². The van der Waals surface area contributed by atoms with Crippen molar-refractivity contribution >= 4 is 22.9 Å². The van der Waals surface area contributed by atoms with Crippen molar-refractivity contribution in [3.63, 3.8) is 0 Å². The Balaban J connectivity index is 2.20. The van der Waals surface area contributed by atoms with E-state index in [1.807, 2.05) is 39.2 Å². The number of hydrogen-bond acceptors (Lipinski definition) is 4. The first-order chi connectivity index (χ1) is 9.79. The standard InChI is InChI=1S/C15H22N4OS/c1-8(2)19-7-12(16)6-13(19)15(20)18-10(4)14-9(3)17-11(5)21-14/h6-8,10H,16H2,1-5H3,(H,18,20). The van der Waals surface area contributed by atoms with E-state index in [0.717, 1.165) is 15.6 Å². The Bertz CT molecular complexity index is 657. The Morgan fingerprint density at radius 3 is 2.57 bits per heavy atom. The molecule has 1 amide bonds. The van der Waals surface area contributed by atoms with E-state index in [9.17, 15) is 4.79 Å². The van der Waals surface area contributed by atoms with Gasteiger partial charge in [0.05, 0.1) is 22.4 Å². The third kappa shape index (κ3) is 3.26. The molecule has 3 N–H and O–H groups in total. The van der Waals surface area contributed by atoms with Crippen molar-refractivity contribution in [2.75, 3.05) is 5.73 Å². The number of aryl methyl sites for hydroxylation is 2. The van der Waals surface area contributed by atoms with Crippen LogP contribution in [0.4, 0.5) is 5.69 Å². The molecule has 21 heavy (non-hydrogen) atoms. The van der Waals surface area contributed by atoms with Crippen LogP contribution < -0.4 is 11.1 Å². The van der Waals surface area contributed by atoms with Gasteiger partial charge in [-0.1, -0.05) is 0 Å². The minimum atomic E-state index is -0.113. The molecule has 0 fully saturated rings. The number of nitrogens with one attached hydrogen (secondary N) is 1. The fourth-order valence-corrected chi connectivity index (χ4v) is 3.32. The van der Waals surface area contributed by atoms with E-state index in [-0.39, 0.29) is 18.0 Å². The highest BCUT2D eigenvalue weighted by molar-refractivity contribution is 7.11. The summed E-state index contributed by atoms with van der Waals surface area (Å²) < 4.78 is 1.89. The van der Waals surface area contributed by atoms with Crippen LogP contribution in [0, 0.1) is 13.8 Å². The zero-order valence-corrected chi connectivity index (χ0v) is 13.9. The highest BCUT2D eigenvalue weighted by Gasteiger charge is 2.19. The molecule has 114 valence electrons. The van der Waals surface area contributed by atoms with Gasteiger partial charge in [-0.25, -0.2) is 4.98 Å². The van der Waals surface area contributed by atoms with Gasteiger partial charge in [0, 0.05) is 17.1 Å². The Morgan fingerprint density at radius 2 is 2.05 bits per heavy atom. The van der Waals surface area contributed by atoms with Gasteiger partial charge in [-0.15, -0.1) is 11.3 Å². The molecule has 0 saturated heterocycles. The number of hydrogen-bond donors (Lipinski definition) is 2. The number of carbonyl (C=O) groups excluding carboxylic acids is 1. The third-order valence-electron chi connectivity index (χ3n) is 3.34. The molecule has 0 radical (unpaired) electrons. The Morgan fingerprint density at radius 1 is 1.38 bits per heavy atom. The summed E-state index contributed by atoms with van der Waals surface area (Å²) in [6, 6.07) is 1.83. The summed E-state index contributed by atoms with van der Waals surface area (Å²) >= 11 is 1.62. The summed E-state index contributed by atoms with van der Waals surface area (Å²) in [7, 11) is 0. The maximum atomic E-state index is 12.5. The van der Waals surface area contributed by atoms with E-state index in [2.05, 4.69) is 10.3 Å². The molecule has 0 aliphatic rings. The van der Waals surface area contributed by atoms with Crippen molar-refractivity contribution in [3.8, 4) is 0 Å². The lowest BCUT2D eigenvalue weighted by molar-refractivity contribution is 0.0929. The van der Waals surface area contributed by atoms with Gasteiger partial charge in [0.2, 0.25) is 0 Å². The third-order valence-corrected chi connectivity index (χ3v) is 4.59. The lowest BCUT2D eigenvalue weighted by Gasteiger charge is -2.16. The van der Waals surface area contributed by atoms with Gasteiger partial charge in [-0.2, -0.15) is 0 Å². The molecule has 2 rings (SSSR count). The lowest BCUT2D eigenvalue weighted by atomic mass is 10.2. The summed E-state index contributed by atoms with van der Waals surface area (Å²) in [5.74, 6) is -0.113. The summed E-state index contributed by atoms with van der Waals surface area (Å²) in [6.07, 6.45) is 1.80. The Kier molecular flexibility index (Phi) is 4.37. The number of amides is 1. The minimum Gasteiger partial charge on any atom is -0.397 e. The van der Waals surface area contributed by atoms with Crippen LogP contribution in [0.2, 0.25) is 0 Å². The second kappa shape index (κ2) is 5.89. The quantitative estimate of drug-likeness (QED) is 0.911. The molecule has 0 bridgehead atoms. The topological polar surface area (TPSA) is 72.9 Å². The summed E-state index contributed by atoms with van der Waals surface area (Å²) in [5.41, 5.74) is 7.99. The van der Waals surface area contributed by atoms with Crippen molar-refractivity contribution in [2.24, 2.45) is 0 Å². The molecule has 5 nitrogen and oxygen atoms in total. The minimum absolute atomic E-state index is 0.0690. The van der Waals surface area contributed by atoms with Gasteiger partial charge in [0.25, 0.3) is 5.91 Å². The van der Waals surface area contributed by atoms with E-state index in [0.29, 0.717) is 11.4 Å². The van der Waals surface area contributed by atoms with Gasteiger partial charge in [0.1, 0.15) is 5.69 Å². The largest absolute Gasteiger partial charge is 0.397 e. The van der Waals surface area contributed by atoms with E-state index < -0.39 is 0 Å². The molecule has 0 aliphatic carbocycles. The number of anilines is 1. The number of rotatable bonds is 4. The highest BCUT2D eigenvalue weighted by Crippen LogP contribution is 2.25. The second-order valence-corrected chi connectivity index (χ2v) is 6.77. The van der Waals surface area contributed by atoms with E-state index in [1.165, 1.54) is 0 Å². The summed E-state index contributed by atoms with van der Waals surface area (Å²) in [4.78, 5) is 18.0. The average Bonchev–Trinajstić information content (AvgIpc) is 2.92. The first-order valence-electron chi connectivity index (χ1n) is 7.01. The van der Waals surface area contributed by atoms with Crippen LogP contribution in [0.5, 0.6) is 0 Å². The molecule has 1 atom stereocenters. The average molecular weight is 306 g/mol. The van der Waals surface area contributed by atoms with Gasteiger partial charge < -0.3 is 15.6 Å². The van der Waals surface area contributed by atoms with Crippen LogP contribution in [0.15, 0.2) is 12.3 Å². The smallest absolute Gasteiger partial charge is 0.268 e. The number of nitrogen functional groups attached to an aromatic ring is 1.